The van der Waals surface area contributed by atoms with E-state index in [0.717, 1.165) is 84.1 Å². The molecule has 5 N–H and O–H groups in total. The zero-order valence-electron chi connectivity index (χ0n) is 37.2. The fourth-order valence-electron chi connectivity index (χ4n) is 7.52. The van der Waals surface area contributed by atoms with Crippen molar-refractivity contribution in [3.8, 4) is 17.2 Å². The summed E-state index contributed by atoms with van der Waals surface area (Å²) < 4.78 is 21.9. The van der Waals surface area contributed by atoms with E-state index in [0.29, 0.717) is 48.8 Å². The maximum absolute atomic E-state index is 12.3. The van der Waals surface area contributed by atoms with Gasteiger partial charge in [0.15, 0.2) is 11.5 Å². The number of fused-ring (bicyclic) bond motifs is 1. The predicted octanol–water partition coefficient (Wildman–Crippen LogP) is 7.28. The van der Waals surface area contributed by atoms with Crippen LogP contribution < -0.4 is 31.2 Å². The van der Waals surface area contributed by atoms with Crippen LogP contribution in [-0.2, 0) is 11.2 Å². The summed E-state index contributed by atoms with van der Waals surface area (Å²) >= 11 is 0. The Labute approximate surface area is 383 Å². The van der Waals surface area contributed by atoms with E-state index in [9.17, 15) is 4.79 Å². The van der Waals surface area contributed by atoms with E-state index in [1.54, 1.807) is 37.8 Å². The number of hydrogen-bond acceptors (Lipinski definition) is 15. The fraction of sp³-hybridized carbons (Fsp3) is 0.378. The minimum atomic E-state index is -0.487. The van der Waals surface area contributed by atoms with E-state index in [1.165, 1.54) is 0 Å². The molecule has 2 saturated heterocycles. The van der Waals surface area contributed by atoms with Crippen molar-refractivity contribution in [2.75, 3.05) is 56.8 Å². The van der Waals surface area contributed by atoms with Crippen molar-refractivity contribution >= 4 is 58.5 Å². The zero-order valence-corrected chi connectivity index (χ0v) is 38.0. The highest BCUT2D eigenvalue weighted by atomic mass is 35.5. The molecule has 0 bridgehead atoms. The number of halogens is 1. The van der Waals surface area contributed by atoms with Crippen molar-refractivity contribution in [2.45, 2.75) is 70.6 Å². The third-order valence-corrected chi connectivity index (χ3v) is 10.9. The number of likely N-dealkylation sites (tertiary alicyclic amines) is 1. The van der Waals surface area contributed by atoms with Crippen LogP contribution in [0, 0.1) is 0 Å². The standard InChI is InChI=1S/C25H33N7O3.C20H22N8O.ClH/c1-25(2,3)35-24(33)31-11-9-19(10-12-31)32-16-17(14-28-32)13-22-27-15-21(26)23(30-22)29-18-5-7-20(34-4)8-6-18;1-29-17-4-2-15(3-5-17)27-13-23-18-11-22-20(26-19(18)27)25-14-10-24-28(12-14)16-6-8-21-9-7-16;/h5-8,14-16,19H,9-13,26H2,1-4H3,(H,27,29,30);2-5,10-13,16,21H,6-9H2,1H3,(H,22,25,26);1H. The van der Waals surface area contributed by atoms with Crippen LogP contribution in [0.4, 0.5) is 33.6 Å². The summed E-state index contributed by atoms with van der Waals surface area (Å²) in [5.74, 6) is 3.30. The second-order valence-electron chi connectivity index (χ2n) is 16.7. The number of ether oxygens (including phenoxy) is 3. The van der Waals surface area contributed by atoms with Gasteiger partial charge in [-0.2, -0.15) is 15.2 Å². The van der Waals surface area contributed by atoms with Gasteiger partial charge < -0.3 is 40.8 Å². The van der Waals surface area contributed by atoms with Crippen molar-refractivity contribution in [3.63, 3.8) is 0 Å². The van der Waals surface area contributed by atoms with E-state index < -0.39 is 5.60 Å². The molecular formula is C45H56ClN15O4. The maximum atomic E-state index is 12.3. The van der Waals surface area contributed by atoms with Gasteiger partial charge in [0.1, 0.15) is 34.8 Å². The van der Waals surface area contributed by atoms with Crippen molar-refractivity contribution in [3.05, 3.63) is 103 Å². The summed E-state index contributed by atoms with van der Waals surface area (Å²) in [4.78, 5) is 36.6. The molecule has 7 aromatic rings. The molecule has 2 aromatic carbocycles. The smallest absolute Gasteiger partial charge is 0.410 e. The van der Waals surface area contributed by atoms with Crippen LogP contribution in [0.2, 0.25) is 0 Å². The first-order valence-electron chi connectivity index (χ1n) is 21.4. The van der Waals surface area contributed by atoms with Gasteiger partial charge in [0.2, 0.25) is 5.95 Å². The lowest BCUT2D eigenvalue weighted by atomic mass is 10.1. The number of methoxy groups -OCH3 is 2. The second-order valence-corrected chi connectivity index (χ2v) is 16.7. The van der Waals surface area contributed by atoms with Crippen molar-refractivity contribution in [2.24, 2.45) is 0 Å². The van der Waals surface area contributed by atoms with Crippen molar-refractivity contribution in [1.82, 2.24) is 59.3 Å². The quantitative estimate of drug-likeness (QED) is 0.100. The monoisotopic (exact) mass is 905 g/mol. The Morgan fingerprint density at radius 2 is 1.45 bits per heavy atom. The summed E-state index contributed by atoms with van der Waals surface area (Å²) in [6, 6.07) is 16.0. The molecule has 0 unspecified atom stereocenters. The number of nitrogen functional groups attached to an aromatic ring is 1. The molecule has 0 radical (unpaired) electrons. The van der Waals surface area contributed by atoms with Crippen LogP contribution in [0.5, 0.6) is 11.5 Å². The van der Waals surface area contributed by atoms with E-state index in [2.05, 4.69) is 51.1 Å². The summed E-state index contributed by atoms with van der Waals surface area (Å²) in [7, 11) is 3.28. The van der Waals surface area contributed by atoms with Crippen LogP contribution in [0.25, 0.3) is 16.9 Å². The average molecular weight is 906 g/mol. The molecule has 7 heterocycles. The summed E-state index contributed by atoms with van der Waals surface area (Å²) in [6.07, 6.45) is 16.9. The number of nitrogens with zero attached hydrogens (tertiary/aromatic N) is 11. The maximum Gasteiger partial charge on any atom is 0.410 e. The van der Waals surface area contributed by atoms with Gasteiger partial charge >= 0.3 is 6.09 Å². The topological polar surface area (TPSA) is 215 Å². The van der Waals surface area contributed by atoms with E-state index in [1.807, 2.05) is 108 Å². The number of nitrogens with one attached hydrogen (secondary N) is 3. The summed E-state index contributed by atoms with van der Waals surface area (Å²) in [5.41, 5.74) is 11.2. The second kappa shape index (κ2) is 20.7. The largest absolute Gasteiger partial charge is 0.497 e. The number of amides is 1. The highest BCUT2D eigenvalue weighted by Gasteiger charge is 2.28. The lowest BCUT2D eigenvalue weighted by molar-refractivity contribution is 0.0184. The van der Waals surface area contributed by atoms with Crippen LogP contribution in [0.15, 0.2) is 92.0 Å². The van der Waals surface area contributed by atoms with Crippen molar-refractivity contribution < 1.29 is 19.0 Å². The van der Waals surface area contributed by atoms with Crippen LogP contribution in [-0.4, -0.2) is 106 Å². The molecular weight excluding hydrogens is 850 g/mol. The Kier molecular flexibility index (Phi) is 14.6. The van der Waals surface area contributed by atoms with Gasteiger partial charge in [0.25, 0.3) is 0 Å². The molecule has 0 saturated carbocycles. The normalized spacial score (nSPS) is 14.5. The van der Waals surface area contributed by atoms with Gasteiger partial charge in [-0.05, 0) is 114 Å². The minimum absolute atomic E-state index is 0. The Morgan fingerprint density at radius 1 is 0.785 bits per heavy atom. The molecule has 5 aromatic heterocycles. The van der Waals surface area contributed by atoms with Crippen LogP contribution in [0.1, 0.15) is 69.9 Å². The molecule has 0 atom stereocenters. The van der Waals surface area contributed by atoms with Gasteiger partial charge in [0, 0.05) is 43.3 Å². The molecule has 0 aliphatic carbocycles. The van der Waals surface area contributed by atoms with Crippen molar-refractivity contribution in [1.29, 1.82) is 0 Å². The lowest BCUT2D eigenvalue weighted by Gasteiger charge is -2.33. The number of nitrogens with two attached hydrogens (primary N) is 1. The molecule has 9 rings (SSSR count). The van der Waals surface area contributed by atoms with E-state index in [4.69, 9.17) is 19.9 Å². The first kappa shape index (κ1) is 46.0. The highest BCUT2D eigenvalue weighted by molar-refractivity contribution is 5.85. The summed E-state index contributed by atoms with van der Waals surface area (Å²) in [5, 5.41) is 19.0. The van der Waals surface area contributed by atoms with Crippen LogP contribution >= 0.6 is 12.4 Å². The first-order valence-corrected chi connectivity index (χ1v) is 21.4. The van der Waals surface area contributed by atoms with Gasteiger partial charge in [-0.25, -0.2) is 24.7 Å². The lowest BCUT2D eigenvalue weighted by Crippen LogP contribution is -2.42. The number of aromatic nitrogens is 10. The fourth-order valence-corrected chi connectivity index (χ4v) is 7.52. The highest BCUT2D eigenvalue weighted by Crippen LogP contribution is 2.27. The molecule has 342 valence electrons. The number of piperidine rings is 2. The van der Waals surface area contributed by atoms with Crippen LogP contribution in [0.3, 0.4) is 0 Å². The molecule has 2 aliphatic rings. The predicted molar refractivity (Wildman–Crippen MR) is 251 cm³/mol. The van der Waals surface area contributed by atoms with Gasteiger partial charge in [-0.3, -0.25) is 13.9 Å². The Bertz CT molecular complexity index is 2630. The third-order valence-electron chi connectivity index (χ3n) is 10.9. The Hall–Kier alpha value is -6.99. The summed E-state index contributed by atoms with van der Waals surface area (Å²) in [6.45, 7) is 9.00. The Morgan fingerprint density at radius 3 is 2.14 bits per heavy atom. The molecule has 19 nitrogen and oxygen atoms in total. The molecule has 2 aliphatic heterocycles. The number of carbonyl (C=O) groups is 1. The van der Waals surface area contributed by atoms with E-state index >= 15 is 0 Å². The molecule has 0 spiro atoms. The third kappa shape index (κ3) is 11.8. The zero-order chi connectivity index (χ0) is 44.6. The average Bonchev–Trinajstić information content (AvgIpc) is 4.09. The van der Waals surface area contributed by atoms with E-state index in [-0.39, 0.29) is 24.5 Å². The number of benzene rings is 2. The molecule has 2 fully saturated rings. The molecule has 1 amide bonds. The number of rotatable bonds is 11. The molecule has 65 heavy (non-hydrogen) atoms. The first-order chi connectivity index (χ1) is 31.0. The number of anilines is 5. The minimum Gasteiger partial charge on any atom is -0.497 e. The number of carbonyl (C=O) groups excluding carboxylic acids is 1. The number of hydrogen-bond donors (Lipinski definition) is 4. The SMILES string of the molecule is COc1ccc(-n2cnc3cnc(Nc4cnn(C5CCNCC5)c4)nc32)cc1.COc1ccc(Nc2nc(Cc3cnn(C4CCN(C(=O)OC(C)(C)C)CC4)c3)ncc2N)cc1.Cl. The molecule has 20 heteroatoms. The number of imidazole rings is 1. The van der Waals surface area contributed by atoms with Gasteiger partial charge in [0.05, 0.1) is 62.5 Å². The van der Waals surface area contributed by atoms with Gasteiger partial charge in [-0.15, -0.1) is 12.4 Å². The Balaban J connectivity index is 0.000000194. The van der Waals surface area contributed by atoms with Gasteiger partial charge in [-0.1, -0.05) is 0 Å².